The van der Waals surface area contributed by atoms with E-state index in [-0.39, 0.29) is 0 Å². The summed E-state index contributed by atoms with van der Waals surface area (Å²) in [5.74, 6) is -0.662. The largest absolute Gasteiger partial charge is 0.481 e. The van der Waals surface area contributed by atoms with Crippen molar-refractivity contribution in [3.63, 3.8) is 0 Å². The first-order valence-electron chi connectivity index (χ1n) is 7.11. The Morgan fingerprint density at radius 2 is 2.40 bits per heavy atom. The molecule has 110 valence electrons. The van der Waals surface area contributed by atoms with E-state index in [1.807, 2.05) is 13.0 Å². The lowest BCUT2D eigenvalue weighted by Crippen LogP contribution is -2.47. The number of rotatable bonds is 5. The Kier molecular flexibility index (Phi) is 5.00. The summed E-state index contributed by atoms with van der Waals surface area (Å²) in [6.45, 7) is 4.27. The summed E-state index contributed by atoms with van der Waals surface area (Å²) in [4.78, 5) is 17.9. The zero-order valence-electron chi connectivity index (χ0n) is 11.8. The van der Waals surface area contributed by atoms with Gasteiger partial charge >= 0.3 is 5.97 Å². The maximum absolute atomic E-state index is 11.7. The minimum atomic E-state index is -0.662. The van der Waals surface area contributed by atoms with Crippen molar-refractivity contribution < 1.29 is 9.90 Å². The third-order valence-electron chi connectivity index (χ3n) is 4.09. The lowest BCUT2D eigenvalue weighted by atomic mass is 9.76. The number of carboxylic acids is 1. The summed E-state index contributed by atoms with van der Waals surface area (Å²) in [5.41, 5.74) is 0.423. The highest BCUT2D eigenvalue weighted by Crippen LogP contribution is 2.35. The molecule has 0 bridgehead atoms. The van der Waals surface area contributed by atoms with Crippen molar-refractivity contribution in [1.29, 1.82) is 0 Å². The van der Waals surface area contributed by atoms with Crippen molar-refractivity contribution in [3.8, 4) is 0 Å². The van der Waals surface area contributed by atoms with E-state index >= 15 is 0 Å². The number of hydrogen-bond donors (Lipinski definition) is 1. The molecule has 20 heavy (non-hydrogen) atoms. The topological polar surface area (TPSA) is 53.4 Å². The third-order valence-corrected chi connectivity index (χ3v) is 4.43. The zero-order valence-corrected chi connectivity index (χ0v) is 12.6. The number of carboxylic acid groups (broad SMARTS) is 1. The van der Waals surface area contributed by atoms with Gasteiger partial charge in [-0.25, -0.2) is 0 Å². The van der Waals surface area contributed by atoms with E-state index in [0.29, 0.717) is 18.1 Å². The first-order valence-corrected chi connectivity index (χ1v) is 7.49. The fraction of sp³-hybridized carbons (Fsp3) is 0.600. The Labute approximate surface area is 124 Å². The SMILES string of the molecule is CCCC1(C(=O)O)CCCN(Cc2ccncc2Cl)C1. The van der Waals surface area contributed by atoms with Gasteiger partial charge in [-0.1, -0.05) is 24.9 Å². The van der Waals surface area contributed by atoms with E-state index in [2.05, 4.69) is 9.88 Å². The zero-order chi connectivity index (χ0) is 14.6. The van der Waals surface area contributed by atoms with Crippen molar-refractivity contribution in [3.05, 3.63) is 29.0 Å². The minimum absolute atomic E-state index is 0.591. The fourth-order valence-corrected chi connectivity index (χ4v) is 3.28. The van der Waals surface area contributed by atoms with Crippen LogP contribution in [0.2, 0.25) is 5.02 Å². The number of aromatic nitrogens is 1. The smallest absolute Gasteiger partial charge is 0.310 e. The van der Waals surface area contributed by atoms with Gasteiger partial charge in [0.15, 0.2) is 0 Å². The average molecular weight is 297 g/mol. The molecule has 1 aliphatic heterocycles. The number of halogens is 1. The van der Waals surface area contributed by atoms with Gasteiger partial charge < -0.3 is 5.11 Å². The second-order valence-electron chi connectivity index (χ2n) is 5.62. The molecule has 5 heteroatoms. The molecule has 1 aromatic rings. The van der Waals surface area contributed by atoms with Crippen molar-refractivity contribution in [2.75, 3.05) is 13.1 Å². The monoisotopic (exact) mass is 296 g/mol. The highest BCUT2D eigenvalue weighted by Gasteiger charge is 2.41. The number of piperidine rings is 1. The molecule has 1 N–H and O–H groups in total. The van der Waals surface area contributed by atoms with Crippen LogP contribution in [-0.2, 0) is 11.3 Å². The van der Waals surface area contributed by atoms with Crippen LogP contribution in [0.25, 0.3) is 0 Å². The number of pyridine rings is 1. The predicted molar refractivity (Wildman–Crippen MR) is 78.7 cm³/mol. The molecule has 0 amide bonds. The summed E-state index contributed by atoms with van der Waals surface area (Å²) in [7, 11) is 0. The quantitative estimate of drug-likeness (QED) is 0.906. The molecule has 0 aromatic carbocycles. The van der Waals surface area contributed by atoms with Gasteiger partial charge in [0.05, 0.1) is 10.4 Å². The van der Waals surface area contributed by atoms with Crippen molar-refractivity contribution in [1.82, 2.24) is 9.88 Å². The van der Waals surface area contributed by atoms with Crippen LogP contribution in [0, 0.1) is 5.41 Å². The van der Waals surface area contributed by atoms with E-state index in [4.69, 9.17) is 11.6 Å². The number of carbonyl (C=O) groups is 1. The molecule has 0 spiro atoms. The van der Waals surface area contributed by atoms with Crippen LogP contribution in [0.4, 0.5) is 0 Å². The minimum Gasteiger partial charge on any atom is -0.481 e. The number of likely N-dealkylation sites (tertiary alicyclic amines) is 1. The van der Waals surface area contributed by atoms with E-state index in [1.165, 1.54) is 0 Å². The van der Waals surface area contributed by atoms with Gasteiger partial charge in [-0.15, -0.1) is 0 Å². The van der Waals surface area contributed by atoms with Crippen LogP contribution in [0.3, 0.4) is 0 Å². The summed E-state index contributed by atoms with van der Waals surface area (Å²) >= 11 is 6.13. The molecule has 1 atom stereocenters. The first-order chi connectivity index (χ1) is 9.57. The number of hydrogen-bond acceptors (Lipinski definition) is 3. The molecule has 1 aliphatic rings. The van der Waals surface area contributed by atoms with Gasteiger partial charge in [0, 0.05) is 25.5 Å². The van der Waals surface area contributed by atoms with Gasteiger partial charge in [0.2, 0.25) is 0 Å². The van der Waals surface area contributed by atoms with Gasteiger partial charge in [-0.2, -0.15) is 0 Å². The summed E-state index contributed by atoms with van der Waals surface area (Å²) in [6.07, 6.45) is 6.70. The molecule has 0 saturated carbocycles. The van der Waals surface area contributed by atoms with E-state index in [0.717, 1.165) is 37.8 Å². The average Bonchev–Trinajstić information content (AvgIpc) is 2.42. The van der Waals surface area contributed by atoms with Crippen LogP contribution in [0.15, 0.2) is 18.5 Å². The van der Waals surface area contributed by atoms with Crippen LogP contribution in [0.5, 0.6) is 0 Å². The Morgan fingerprint density at radius 1 is 1.60 bits per heavy atom. The maximum atomic E-state index is 11.7. The van der Waals surface area contributed by atoms with Crippen LogP contribution < -0.4 is 0 Å². The van der Waals surface area contributed by atoms with E-state index in [9.17, 15) is 9.90 Å². The summed E-state index contributed by atoms with van der Waals surface area (Å²) in [5, 5.41) is 10.2. The molecule has 2 heterocycles. The van der Waals surface area contributed by atoms with E-state index in [1.54, 1.807) is 12.4 Å². The lowest BCUT2D eigenvalue weighted by molar-refractivity contribution is -0.153. The molecular formula is C15H21ClN2O2. The molecule has 1 unspecified atom stereocenters. The van der Waals surface area contributed by atoms with Gasteiger partial charge in [0.1, 0.15) is 0 Å². The third kappa shape index (κ3) is 3.30. The van der Waals surface area contributed by atoms with Crippen molar-refractivity contribution >= 4 is 17.6 Å². The van der Waals surface area contributed by atoms with Crippen LogP contribution in [-0.4, -0.2) is 34.0 Å². The molecule has 0 aliphatic carbocycles. The summed E-state index contributed by atoms with van der Waals surface area (Å²) < 4.78 is 0. The van der Waals surface area contributed by atoms with E-state index < -0.39 is 11.4 Å². The fourth-order valence-electron chi connectivity index (χ4n) is 3.10. The Balaban J connectivity index is 2.10. The Morgan fingerprint density at radius 3 is 3.05 bits per heavy atom. The van der Waals surface area contributed by atoms with Crippen molar-refractivity contribution in [2.24, 2.45) is 5.41 Å². The maximum Gasteiger partial charge on any atom is 0.310 e. The van der Waals surface area contributed by atoms with Gasteiger partial charge in [-0.05, 0) is 37.4 Å². The second kappa shape index (κ2) is 6.55. The second-order valence-corrected chi connectivity index (χ2v) is 6.02. The molecule has 1 fully saturated rings. The molecular weight excluding hydrogens is 276 g/mol. The predicted octanol–water partition coefficient (Wildman–Crippen LogP) is 3.20. The normalized spacial score (nSPS) is 23.7. The lowest BCUT2D eigenvalue weighted by Gasteiger charge is -2.40. The van der Waals surface area contributed by atoms with Gasteiger partial charge in [0.25, 0.3) is 0 Å². The molecule has 1 saturated heterocycles. The Hall–Kier alpha value is -1.13. The highest BCUT2D eigenvalue weighted by atomic mass is 35.5. The molecule has 4 nitrogen and oxygen atoms in total. The Bertz CT molecular complexity index is 477. The first kappa shape index (κ1) is 15.3. The van der Waals surface area contributed by atoms with Gasteiger partial charge in [-0.3, -0.25) is 14.7 Å². The number of aliphatic carboxylic acids is 1. The molecule has 0 radical (unpaired) electrons. The van der Waals surface area contributed by atoms with Crippen molar-refractivity contribution in [2.45, 2.75) is 39.2 Å². The number of nitrogens with zero attached hydrogens (tertiary/aromatic N) is 2. The standard InChI is InChI=1S/C15H21ClN2O2/c1-2-5-15(14(19)20)6-3-8-18(11-15)10-12-4-7-17-9-13(12)16/h4,7,9H,2-3,5-6,8,10-11H2,1H3,(H,19,20). The summed E-state index contributed by atoms with van der Waals surface area (Å²) in [6, 6.07) is 1.90. The molecule has 1 aromatic heterocycles. The van der Waals surface area contributed by atoms with Crippen LogP contribution >= 0.6 is 11.6 Å². The molecule has 2 rings (SSSR count). The highest BCUT2D eigenvalue weighted by molar-refractivity contribution is 6.31. The van der Waals surface area contributed by atoms with Crippen LogP contribution in [0.1, 0.15) is 38.2 Å².